The maximum absolute atomic E-state index is 9.11. The standard InChI is InChI=1S/C62H52N4O/c1-61(2,3)46-30-27-44(28-31-46)52-24-16-23-51(43-19-11-8-12-20-43)60(52)65-41-64(56-25-13-14-26-57(56)65)48-21-15-22-49(39-48)67-50-32-33-53-54-37-45(42-17-9-7-10-18-42)29-34-55(54)66(58(53)40-50)59-38-47(35-36-63-59)62(4,5)6/h7-40H,1-6H3/i8D,11D,12D,19D,20D. The van der Waals surface area contributed by atoms with Gasteiger partial charge >= 0.3 is 0 Å². The minimum absolute atomic E-state index is 0.0687. The second-order valence-corrected chi connectivity index (χ2v) is 19.2. The van der Waals surface area contributed by atoms with E-state index in [4.69, 9.17) is 16.6 Å². The predicted molar refractivity (Wildman–Crippen MR) is 276 cm³/mol. The van der Waals surface area contributed by atoms with E-state index in [2.05, 4.69) is 143 Å². The molecule has 0 aliphatic heterocycles. The lowest BCUT2D eigenvalue weighted by Gasteiger charge is -2.20. The summed E-state index contributed by atoms with van der Waals surface area (Å²) < 4.78 is 56.9. The highest BCUT2D eigenvalue weighted by Gasteiger charge is 2.22. The Balaban J connectivity index is 1.05. The SMILES string of the molecule is [2H]c1c([2H])c([2H])c(-c2cccc(-c3ccc(C(C)(C)C)cc3)c2-[n+]2[c-]n(-c3cccc(Oc4ccc5c6cc(-c7ccccc7)ccc6n(-c6cc(C(C)(C)C)ccn6)c5c4)c3)c3ccccc32)c([2H])c1[2H]. The van der Waals surface area contributed by atoms with E-state index in [-0.39, 0.29) is 28.5 Å². The smallest absolute Gasteiger partial charge is 0.269 e. The third-order valence-electron chi connectivity index (χ3n) is 12.7. The summed E-state index contributed by atoms with van der Waals surface area (Å²) in [5, 5.41) is 2.20. The van der Waals surface area contributed by atoms with Gasteiger partial charge in [0, 0.05) is 23.0 Å². The molecule has 0 fully saturated rings. The molecule has 5 nitrogen and oxygen atoms in total. The summed E-state index contributed by atoms with van der Waals surface area (Å²) in [5.41, 5.74) is 11.9. The van der Waals surface area contributed by atoms with E-state index < -0.39 is 18.1 Å². The molecule has 3 aromatic heterocycles. The molecule has 0 amide bonds. The zero-order chi connectivity index (χ0) is 50.2. The number of para-hydroxylation sites is 3. The number of benzene rings is 8. The summed E-state index contributed by atoms with van der Waals surface area (Å²) in [7, 11) is 0. The lowest BCUT2D eigenvalue weighted by molar-refractivity contribution is -0.571. The number of rotatable bonds is 8. The first-order valence-corrected chi connectivity index (χ1v) is 22.7. The second-order valence-electron chi connectivity index (χ2n) is 19.2. The first-order chi connectivity index (χ1) is 34.5. The van der Waals surface area contributed by atoms with E-state index in [1.807, 2.05) is 94.2 Å². The highest BCUT2D eigenvalue weighted by molar-refractivity contribution is 6.10. The molecule has 67 heavy (non-hydrogen) atoms. The number of nitrogens with zero attached hydrogens (tertiary/aromatic N) is 4. The number of fused-ring (bicyclic) bond motifs is 4. The third-order valence-corrected chi connectivity index (χ3v) is 12.7. The van der Waals surface area contributed by atoms with Crippen molar-refractivity contribution >= 4 is 32.8 Å². The van der Waals surface area contributed by atoms with Gasteiger partial charge in [0.1, 0.15) is 17.3 Å². The Morgan fingerprint density at radius 2 is 1.22 bits per heavy atom. The predicted octanol–water partition coefficient (Wildman–Crippen LogP) is 15.6. The second kappa shape index (κ2) is 16.4. The van der Waals surface area contributed by atoms with Crippen molar-refractivity contribution in [3.05, 3.63) is 224 Å². The maximum Gasteiger partial charge on any atom is 0.269 e. The van der Waals surface area contributed by atoms with Gasteiger partial charge in [-0.3, -0.25) is 13.7 Å². The lowest BCUT2D eigenvalue weighted by Crippen LogP contribution is -2.31. The van der Waals surface area contributed by atoms with Crippen LogP contribution in [-0.2, 0) is 10.8 Å². The van der Waals surface area contributed by atoms with Crippen molar-refractivity contribution in [3.63, 3.8) is 0 Å². The Morgan fingerprint density at radius 1 is 0.522 bits per heavy atom. The summed E-state index contributed by atoms with van der Waals surface area (Å²) in [6.45, 7) is 13.2. The molecular formula is C62H52N4O. The molecule has 0 aliphatic rings. The van der Waals surface area contributed by atoms with Crippen LogP contribution in [0.1, 0.15) is 59.5 Å². The fourth-order valence-corrected chi connectivity index (χ4v) is 9.12. The van der Waals surface area contributed by atoms with Crippen LogP contribution in [0.4, 0.5) is 0 Å². The Labute approximate surface area is 399 Å². The molecule has 11 aromatic rings. The van der Waals surface area contributed by atoms with Crippen LogP contribution < -0.4 is 9.30 Å². The molecule has 326 valence electrons. The van der Waals surface area contributed by atoms with Gasteiger partial charge in [0.15, 0.2) is 0 Å². The van der Waals surface area contributed by atoms with Gasteiger partial charge in [0.05, 0.1) is 40.3 Å². The number of pyridine rings is 1. The molecule has 0 saturated heterocycles. The van der Waals surface area contributed by atoms with E-state index in [1.54, 1.807) is 0 Å². The number of imidazole rings is 1. The quantitative estimate of drug-likeness (QED) is 0.113. The molecule has 8 aromatic carbocycles. The molecule has 11 rings (SSSR count). The molecule has 5 heteroatoms. The lowest BCUT2D eigenvalue weighted by atomic mass is 9.86. The Hall–Kier alpha value is -8.02. The minimum atomic E-state index is -0.440. The molecule has 0 spiro atoms. The number of hydrogen-bond acceptors (Lipinski definition) is 2. The molecule has 3 heterocycles. The summed E-state index contributed by atoms with van der Waals surface area (Å²) in [5.74, 6) is 2.10. The summed E-state index contributed by atoms with van der Waals surface area (Å²) in [6, 6.07) is 55.8. The van der Waals surface area contributed by atoms with Gasteiger partial charge in [0.2, 0.25) is 0 Å². The maximum atomic E-state index is 9.11. The molecule has 0 aliphatic carbocycles. The van der Waals surface area contributed by atoms with Crippen LogP contribution in [0.25, 0.3) is 83.4 Å². The van der Waals surface area contributed by atoms with Gasteiger partial charge in [-0.1, -0.05) is 181 Å². The Bertz CT molecular complexity index is 3890. The summed E-state index contributed by atoms with van der Waals surface area (Å²) in [6.07, 6.45) is 5.55. The number of aromatic nitrogens is 4. The van der Waals surface area contributed by atoms with Crippen LogP contribution >= 0.6 is 0 Å². The van der Waals surface area contributed by atoms with Crippen LogP contribution in [0, 0.1) is 6.33 Å². The van der Waals surface area contributed by atoms with Crippen molar-refractivity contribution in [1.29, 1.82) is 0 Å². The van der Waals surface area contributed by atoms with Gasteiger partial charge in [-0.2, -0.15) is 0 Å². The van der Waals surface area contributed by atoms with Crippen molar-refractivity contribution in [3.8, 4) is 62.1 Å². The van der Waals surface area contributed by atoms with Crippen molar-refractivity contribution in [2.75, 3.05) is 0 Å². The number of ether oxygens (including phenoxy) is 1. The minimum Gasteiger partial charge on any atom is -0.458 e. The average molecular weight is 874 g/mol. The van der Waals surface area contributed by atoms with Gasteiger partial charge in [-0.15, -0.1) is 0 Å². The third kappa shape index (κ3) is 7.76. The monoisotopic (exact) mass is 873 g/mol. The van der Waals surface area contributed by atoms with Crippen LogP contribution in [0.3, 0.4) is 0 Å². The zero-order valence-electron chi connectivity index (χ0n) is 43.4. The van der Waals surface area contributed by atoms with E-state index in [0.29, 0.717) is 22.7 Å². The van der Waals surface area contributed by atoms with Crippen molar-refractivity contribution < 1.29 is 16.2 Å². The van der Waals surface area contributed by atoms with Crippen molar-refractivity contribution in [2.24, 2.45) is 0 Å². The van der Waals surface area contributed by atoms with Gasteiger partial charge < -0.3 is 4.74 Å². The van der Waals surface area contributed by atoms with Crippen LogP contribution in [-0.4, -0.2) is 14.1 Å². The molecule has 0 bridgehead atoms. The molecule has 0 N–H and O–H groups in total. The van der Waals surface area contributed by atoms with Gasteiger partial charge in [-0.05, 0) is 110 Å². The van der Waals surface area contributed by atoms with Crippen LogP contribution in [0.15, 0.2) is 206 Å². The zero-order valence-corrected chi connectivity index (χ0v) is 38.4. The molecule has 0 atom stereocenters. The van der Waals surface area contributed by atoms with E-state index in [9.17, 15) is 0 Å². The first kappa shape index (κ1) is 36.2. The van der Waals surface area contributed by atoms with Crippen LogP contribution in [0.5, 0.6) is 11.5 Å². The number of hydrogen-bond donors (Lipinski definition) is 0. The van der Waals surface area contributed by atoms with E-state index >= 15 is 0 Å². The fraction of sp³-hybridized carbons (Fsp3) is 0.129. The average Bonchev–Trinajstić information content (AvgIpc) is 3.93. The topological polar surface area (TPSA) is 35.9 Å². The molecule has 0 radical (unpaired) electrons. The first-order valence-electron chi connectivity index (χ1n) is 25.2. The van der Waals surface area contributed by atoms with Gasteiger partial charge in [-0.25, -0.2) is 4.98 Å². The molecular weight excluding hydrogens is 817 g/mol. The van der Waals surface area contributed by atoms with E-state index in [0.717, 1.165) is 66.6 Å². The Kier molecular flexibility index (Phi) is 8.89. The fourth-order valence-electron chi connectivity index (χ4n) is 9.12. The normalized spacial score (nSPS) is 13.1. The largest absolute Gasteiger partial charge is 0.458 e. The van der Waals surface area contributed by atoms with Gasteiger partial charge in [0.25, 0.3) is 6.33 Å². The van der Waals surface area contributed by atoms with E-state index in [1.165, 1.54) is 11.1 Å². The molecule has 0 unspecified atom stereocenters. The highest BCUT2D eigenvalue weighted by atomic mass is 16.5. The summed E-state index contributed by atoms with van der Waals surface area (Å²) in [4.78, 5) is 4.93. The van der Waals surface area contributed by atoms with Crippen molar-refractivity contribution in [1.82, 2.24) is 14.1 Å². The molecule has 0 saturated carbocycles. The summed E-state index contributed by atoms with van der Waals surface area (Å²) >= 11 is 0. The Morgan fingerprint density at radius 3 is 2.00 bits per heavy atom. The highest BCUT2D eigenvalue weighted by Crippen LogP contribution is 2.39. The van der Waals surface area contributed by atoms with Crippen LogP contribution in [0.2, 0.25) is 0 Å². The van der Waals surface area contributed by atoms with Crippen molar-refractivity contribution in [2.45, 2.75) is 52.4 Å².